The lowest BCUT2D eigenvalue weighted by Crippen LogP contribution is -2.44. The summed E-state index contributed by atoms with van der Waals surface area (Å²) in [5.41, 5.74) is 6.10. The molecule has 0 radical (unpaired) electrons. The highest BCUT2D eigenvalue weighted by Gasteiger charge is 2.33. The second-order valence-electron chi connectivity index (χ2n) is 14.0. The molecule has 3 aromatic heterocycles. The Morgan fingerprint density at radius 2 is 1.73 bits per heavy atom. The third-order valence-corrected chi connectivity index (χ3v) is 11.8. The molecule has 2 amide bonds. The van der Waals surface area contributed by atoms with Crippen LogP contribution < -0.4 is 11.0 Å². The number of aromatic nitrogens is 5. The zero-order chi connectivity index (χ0) is 38.8. The van der Waals surface area contributed by atoms with E-state index in [2.05, 4.69) is 33.9 Å². The molecule has 0 spiro atoms. The van der Waals surface area contributed by atoms with E-state index in [4.69, 9.17) is 26.1 Å². The number of carbonyl (C=O) groups excluding carboxylic acids is 3. The molecular weight excluding hydrogens is 742 g/mol. The zero-order valence-corrected chi connectivity index (χ0v) is 33.0. The van der Waals surface area contributed by atoms with E-state index in [-0.39, 0.29) is 30.2 Å². The molecule has 1 unspecified atom stereocenters. The van der Waals surface area contributed by atoms with Crippen molar-refractivity contribution in [2.75, 3.05) is 26.4 Å². The van der Waals surface area contributed by atoms with Crippen LogP contribution in [-0.2, 0) is 37.3 Å². The summed E-state index contributed by atoms with van der Waals surface area (Å²) in [6.07, 6.45) is 3.05. The molecule has 5 heterocycles. The Morgan fingerprint density at radius 3 is 2.47 bits per heavy atom. The highest BCUT2D eigenvalue weighted by Crippen LogP contribution is 2.40. The van der Waals surface area contributed by atoms with Gasteiger partial charge >= 0.3 is 5.69 Å². The predicted octanol–water partition coefficient (Wildman–Crippen LogP) is 5.84. The second kappa shape index (κ2) is 16.5. The van der Waals surface area contributed by atoms with Gasteiger partial charge in [0.05, 0.1) is 30.0 Å². The first-order valence-electron chi connectivity index (χ1n) is 18.6. The molecule has 2 aliphatic rings. The summed E-state index contributed by atoms with van der Waals surface area (Å²) >= 11 is 7.91. The maximum atomic E-state index is 13.3. The number of ether oxygens (including phenoxy) is 2. The van der Waals surface area contributed by atoms with Crippen molar-refractivity contribution in [2.24, 2.45) is 12.0 Å². The molecule has 0 aliphatic carbocycles. The van der Waals surface area contributed by atoms with Crippen molar-refractivity contribution in [1.82, 2.24) is 29.2 Å². The zero-order valence-electron chi connectivity index (χ0n) is 31.4. The van der Waals surface area contributed by atoms with Crippen LogP contribution in [0.5, 0.6) is 0 Å². The molecule has 7 rings (SSSR count). The summed E-state index contributed by atoms with van der Waals surface area (Å²) < 4.78 is 16.7. The van der Waals surface area contributed by atoms with Crippen molar-refractivity contribution >= 4 is 57.3 Å². The molecule has 0 saturated carbocycles. The van der Waals surface area contributed by atoms with Gasteiger partial charge in [-0.05, 0) is 75.8 Å². The lowest BCUT2D eigenvalue weighted by Gasteiger charge is -2.21. The first-order chi connectivity index (χ1) is 26.5. The summed E-state index contributed by atoms with van der Waals surface area (Å²) in [5.74, 6) is 0.731. The number of imide groups is 1. The number of imidazole rings is 1. The number of hydrogen-bond acceptors (Lipinski definition) is 10. The molecule has 2 aromatic carbocycles. The van der Waals surface area contributed by atoms with Gasteiger partial charge < -0.3 is 9.47 Å². The molecule has 55 heavy (non-hydrogen) atoms. The summed E-state index contributed by atoms with van der Waals surface area (Å²) in [6.45, 7) is 7.91. The van der Waals surface area contributed by atoms with Gasteiger partial charge in [0.2, 0.25) is 11.8 Å². The van der Waals surface area contributed by atoms with Gasteiger partial charge in [-0.1, -0.05) is 35.9 Å². The summed E-state index contributed by atoms with van der Waals surface area (Å²) in [7, 11) is 1.70. The molecule has 0 bridgehead atoms. The van der Waals surface area contributed by atoms with E-state index in [1.165, 1.54) is 9.44 Å². The Bertz CT molecular complexity index is 2350. The van der Waals surface area contributed by atoms with Crippen LogP contribution in [0.1, 0.15) is 89.4 Å². The Hall–Kier alpha value is -4.76. The molecule has 2 atom stereocenters. The van der Waals surface area contributed by atoms with Crippen LogP contribution in [0.4, 0.5) is 0 Å². The number of carbonyl (C=O) groups is 3. The fraction of sp³-hybridized carbons (Fsp3) is 0.425. The topological polar surface area (TPSA) is 152 Å². The van der Waals surface area contributed by atoms with Crippen molar-refractivity contribution in [1.29, 1.82) is 0 Å². The lowest BCUT2D eigenvalue weighted by atomic mass is 9.99. The Kier molecular flexibility index (Phi) is 11.6. The number of ketones is 1. The van der Waals surface area contributed by atoms with Gasteiger partial charge in [0, 0.05) is 60.6 Å². The molecule has 1 saturated heterocycles. The number of benzene rings is 2. The Morgan fingerprint density at radius 1 is 0.982 bits per heavy atom. The van der Waals surface area contributed by atoms with Crippen molar-refractivity contribution in [2.45, 2.75) is 77.8 Å². The number of Topliss-reactive ketones (excluding diaryl/α,β-unsaturated/α-hetero) is 1. The number of thiophene rings is 1. The molecular formula is C40H44ClN7O6S. The monoisotopic (exact) mass is 785 g/mol. The van der Waals surface area contributed by atoms with Crippen LogP contribution in [0.2, 0.25) is 5.02 Å². The molecule has 5 aromatic rings. The van der Waals surface area contributed by atoms with Crippen LogP contribution in [0.3, 0.4) is 0 Å². The number of amides is 2. The summed E-state index contributed by atoms with van der Waals surface area (Å²) in [4.78, 5) is 57.1. The average Bonchev–Trinajstić information content (AvgIpc) is 3.74. The fourth-order valence-corrected chi connectivity index (χ4v) is 8.80. The third kappa shape index (κ3) is 7.86. The number of nitrogens with zero attached hydrogens (tertiary/aromatic N) is 6. The molecule has 1 fully saturated rings. The maximum absolute atomic E-state index is 13.3. The van der Waals surface area contributed by atoms with Gasteiger partial charge in [0.25, 0.3) is 0 Å². The predicted molar refractivity (Wildman–Crippen MR) is 211 cm³/mol. The van der Waals surface area contributed by atoms with Gasteiger partial charge in [-0.3, -0.25) is 38.4 Å². The highest BCUT2D eigenvalue weighted by atomic mass is 35.5. The van der Waals surface area contributed by atoms with Crippen molar-refractivity contribution < 1.29 is 23.9 Å². The quantitative estimate of drug-likeness (QED) is 0.103. The van der Waals surface area contributed by atoms with Gasteiger partial charge in [0.1, 0.15) is 28.7 Å². The van der Waals surface area contributed by atoms with E-state index >= 15 is 0 Å². The van der Waals surface area contributed by atoms with Crippen molar-refractivity contribution in [3.05, 3.63) is 96.8 Å². The van der Waals surface area contributed by atoms with Crippen molar-refractivity contribution in [3.63, 3.8) is 0 Å². The number of aryl methyl sites for hydroxylation is 4. The summed E-state index contributed by atoms with van der Waals surface area (Å²) in [6, 6.07) is 12.1. The minimum Gasteiger partial charge on any atom is -0.379 e. The number of hydrogen-bond donors (Lipinski definition) is 1. The molecule has 288 valence electrons. The largest absolute Gasteiger partial charge is 0.379 e. The van der Waals surface area contributed by atoms with Gasteiger partial charge in [-0.2, -0.15) is 0 Å². The Labute approximate surface area is 327 Å². The van der Waals surface area contributed by atoms with E-state index < -0.39 is 18.0 Å². The minimum atomic E-state index is -0.716. The van der Waals surface area contributed by atoms with Crippen molar-refractivity contribution in [3.8, 4) is 5.00 Å². The number of para-hydroxylation sites is 1. The van der Waals surface area contributed by atoms with Crippen LogP contribution in [0.15, 0.2) is 52.3 Å². The lowest BCUT2D eigenvalue weighted by molar-refractivity contribution is -0.135. The number of rotatable bonds is 15. The van der Waals surface area contributed by atoms with Gasteiger partial charge in [-0.15, -0.1) is 21.5 Å². The number of halogens is 1. The molecule has 15 heteroatoms. The third-order valence-electron chi connectivity index (χ3n) is 10.3. The summed E-state index contributed by atoms with van der Waals surface area (Å²) in [5, 5.41) is 12.9. The maximum Gasteiger partial charge on any atom is 0.329 e. The van der Waals surface area contributed by atoms with E-state index in [1.54, 1.807) is 23.0 Å². The number of aliphatic imine (C=N–C) groups is 1. The highest BCUT2D eigenvalue weighted by molar-refractivity contribution is 7.15. The minimum absolute atomic E-state index is 0.0781. The molecule has 1 N–H and O–H groups in total. The van der Waals surface area contributed by atoms with Crippen LogP contribution in [0, 0.1) is 20.8 Å². The van der Waals surface area contributed by atoms with Crippen LogP contribution >= 0.6 is 22.9 Å². The number of nitrogens with one attached hydrogen (secondary N) is 1. The second-order valence-corrected chi connectivity index (χ2v) is 15.7. The van der Waals surface area contributed by atoms with E-state index in [1.807, 2.05) is 49.4 Å². The van der Waals surface area contributed by atoms with Crippen LogP contribution in [0.25, 0.3) is 16.0 Å². The normalized spacial score (nSPS) is 16.9. The number of piperidine rings is 1. The standard InChI is InChI=1S/C40H44ClN7O6S/c1-23-24(2)55-39-34(23)35(26-12-14-28(41)15-13-26)42-30(37-45-44-25(3)47(37)39)22-29(49)10-7-19-54-21-20-53-18-6-9-27-8-5-11-31-36(27)46(4)40(52)48(31)32-16-17-33(50)43-38(32)51/h5,8,11-15,30,32H,6-7,9-10,16-22H2,1-4H3,(H,43,50,51)/t30-,32?/m0/s1. The molecule has 2 aliphatic heterocycles. The SMILES string of the molecule is Cc1sc2c(c1C)C(c1ccc(Cl)cc1)=N[C@@H](CC(=O)CCCOCCOCCCc1cccc3c1n(C)c(=O)n3C1CCC(=O)NC1=O)c1nnc(C)n1-2. The smallest absolute Gasteiger partial charge is 0.329 e. The van der Waals surface area contributed by atoms with Crippen LogP contribution in [-0.4, -0.2) is 73.6 Å². The first kappa shape index (κ1) is 38.5. The molecule has 13 nitrogen and oxygen atoms in total. The number of fused-ring (bicyclic) bond motifs is 4. The van der Waals surface area contributed by atoms with E-state index in [0.29, 0.717) is 68.5 Å². The van der Waals surface area contributed by atoms with Gasteiger partial charge in [0.15, 0.2) is 5.82 Å². The fourth-order valence-electron chi connectivity index (χ4n) is 7.46. The van der Waals surface area contributed by atoms with E-state index in [9.17, 15) is 19.2 Å². The van der Waals surface area contributed by atoms with E-state index in [0.717, 1.165) is 50.7 Å². The van der Waals surface area contributed by atoms with Gasteiger partial charge in [-0.25, -0.2) is 4.79 Å². The first-order valence-corrected chi connectivity index (χ1v) is 19.8. The average molecular weight is 786 g/mol. The Balaban J connectivity index is 0.880.